The van der Waals surface area contributed by atoms with E-state index in [1.54, 1.807) is 18.2 Å². The Balaban J connectivity index is 1.85. The first-order chi connectivity index (χ1) is 11.1. The van der Waals surface area contributed by atoms with E-state index < -0.39 is 0 Å². The van der Waals surface area contributed by atoms with Crippen LogP contribution >= 0.6 is 11.6 Å². The normalized spacial score (nSPS) is 10.0. The van der Waals surface area contributed by atoms with E-state index in [-0.39, 0.29) is 24.8 Å². The maximum absolute atomic E-state index is 11.9. The van der Waals surface area contributed by atoms with Crippen molar-refractivity contribution >= 4 is 29.1 Å². The van der Waals surface area contributed by atoms with Crippen LogP contribution in [0.2, 0.25) is 5.02 Å². The number of carbonyl (C=O) groups is 2. The SMILES string of the molecule is COc1ccc(Cl)cc1NC(=O)CNC(=O)Cc1ccccc1. The Morgan fingerprint density at radius 1 is 1.09 bits per heavy atom. The summed E-state index contributed by atoms with van der Waals surface area (Å²) in [4.78, 5) is 23.7. The second kappa shape index (κ2) is 8.19. The van der Waals surface area contributed by atoms with E-state index in [9.17, 15) is 9.59 Å². The van der Waals surface area contributed by atoms with Gasteiger partial charge >= 0.3 is 0 Å². The summed E-state index contributed by atoms with van der Waals surface area (Å²) in [5.74, 6) is -0.0743. The zero-order chi connectivity index (χ0) is 16.7. The predicted molar refractivity (Wildman–Crippen MR) is 89.8 cm³/mol. The van der Waals surface area contributed by atoms with Crippen molar-refractivity contribution in [3.63, 3.8) is 0 Å². The van der Waals surface area contributed by atoms with Crippen molar-refractivity contribution < 1.29 is 14.3 Å². The van der Waals surface area contributed by atoms with Gasteiger partial charge in [-0.05, 0) is 23.8 Å². The summed E-state index contributed by atoms with van der Waals surface area (Å²) in [6.45, 7) is -0.124. The number of halogens is 1. The molecule has 0 saturated heterocycles. The minimum absolute atomic E-state index is 0.124. The fourth-order valence-corrected chi connectivity index (χ4v) is 2.17. The highest BCUT2D eigenvalue weighted by molar-refractivity contribution is 6.31. The lowest BCUT2D eigenvalue weighted by Gasteiger charge is -2.11. The number of benzene rings is 2. The van der Waals surface area contributed by atoms with E-state index in [1.807, 2.05) is 30.3 Å². The van der Waals surface area contributed by atoms with Gasteiger partial charge in [0.15, 0.2) is 0 Å². The molecule has 6 heteroatoms. The van der Waals surface area contributed by atoms with Gasteiger partial charge in [-0.2, -0.15) is 0 Å². The van der Waals surface area contributed by atoms with Crippen molar-refractivity contribution in [1.29, 1.82) is 0 Å². The summed E-state index contributed by atoms with van der Waals surface area (Å²) in [7, 11) is 1.50. The van der Waals surface area contributed by atoms with Crippen LogP contribution in [0.3, 0.4) is 0 Å². The summed E-state index contributed by atoms with van der Waals surface area (Å²) in [5, 5.41) is 5.72. The maximum atomic E-state index is 11.9. The second-order valence-electron chi connectivity index (χ2n) is 4.83. The molecule has 120 valence electrons. The van der Waals surface area contributed by atoms with Gasteiger partial charge in [0.05, 0.1) is 25.8 Å². The van der Waals surface area contributed by atoms with Gasteiger partial charge in [0, 0.05) is 5.02 Å². The van der Waals surface area contributed by atoms with E-state index in [2.05, 4.69) is 10.6 Å². The van der Waals surface area contributed by atoms with Crippen molar-refractivity contribution in [3.05, 3.63) is 59.1 Å². The Kier molecular flexibility index (Phi) is 6.00. The number of anilines is 1. The lowest BCUT2D eigenvalue weighted by Crippen LogP contribution is -2.33. The van der Waals surface area contributed by atoms with Crippen molar-refractivity contribution in [1.82, 2.24) is 5.32 Å². The lowest BCUT2D eigenvalue weighted by molar-refractivity contribution is -0.123. The molecule has 0 aliphatic rings. The van der Waals surface area contributed by atoms with Gasteiger partial charge in [-0.3, -0.25) is 9.59 Å². The summed E-state index contributed by atoms with van der Waals surface area (Å²) < 4.78 is 5.15. The van der Waals surface area contributed by atoms with Crippen molar-refractivity contribution in [3.8, 4) is 5.75 Å². The van der Waals surface area contributed by atoms with Crippen LogP contribution in [-0.4, -0.2) is 25.5 Å². The minimum Gasteiger partial charge on any atom is -0.495 e. The van der Waals surface area contributed by atoms with E-state index in [0.717, 1.165) is 5.56 Å². The molecule has 2 N–H and O–H groups in total. The number of ether oxygens (including phenoxy) is 1. The Morgan fingerprint density at radius 3 is 2.52 bits per heavy atom. The van der Waals surface area contributed by atoms with Gasteiger partial charge < -0.3 is 15.4 Å². The maximum Gasteiger partial charge on any atom is 0.243 e. The van der Waals surface area contributed by atoms with Crippen LogP contribution in [0.1, 0.15) is 5.56 Å². The van der Waals surface area contributed by atoms with Crippen LogP contribution in [0.5, 0.6) is 5.75 Å². The molecule has 0 aliphatic heterocycles. The molecule has 5 nitrogen and oxygen atoms in total. The van der Waals surface area contributed by atoms with Crippen LogP contribution in [0.4, 0.5) is 5.69 Å². The van der Waals surface area contributed by atoms with Gasteiger partial charge in [-0.25, -0.2) is 0 Å². The van der Waals surface area contributed by atoms with Gasteiger partial charge in [0.2, 0.25) is 11.8 Å². The average molecular weight is 333 g/mol. The molecule has 23 heavy (non-hydrogen) atoms. The zero-order valence-corrected chi connectivity index (χ0v) is 13.4. The van der Waals surface area contributed by atoms with E-state index in [1.165, 1.54) is 7.11 Å². The smallest absolute Gasteiger partial charge is 0.243 e. The Labute approximate surface area is 139 Å². The average Bonchev–Trinajstić information content (AvgIpc) is 2.54. The van der Waals surface area contributed by atoms with Crippen LogP contribution in [-0.2, 0) is 16.0 Å². The lowest BCUT2D eigenvalue weighted by atomic mass is 10.1. The van der Waals surface area contributed by atoms with Crippen molar-refractivity contribution in [2.75, 3.05) is 19.0 Å². The van der Waals surface area contributed by atoms with E-state index in [0.29, 0.717) is 16.5 Å². The summed E-state index contributed by atoms with van der Waals surface area (Å²) in [6.07, 6.45) is 0.231. The molecule has 0 aliphatic carbocycles. The highest BCUT2D eigenvalue weighted by atomic mass is 35.5. The number of methoxy groups -OCH3 is 1. The van der Waals surface area contributed by atoms with Crippen molar-refractivity contribution in [2.24, 2.45) is 0 Å². The third kappa shape index (κ3) is 5.30. The zero-order valence-electron chi connectivity index (χ0n) is 12.6. The van der Waals surface area contributed by atoms with Gasteiger partial charge in [-0.1, -0.05) is 41.9 Å². The first kappa shape index (κ1) is 16.8. The molecular formula is C17H17ClN2O3. The summed E-state index contributed by atoms with van der Waals surface area (Å²) in [6, 6.07) is 14.2. The molecule has 0 heterocycles. The fraction of sp³-hybridized carbons (Fsp3) is 0.176. The monoisotopic (exact) mass is 332 g/mol. The highest BCUT2D eigenvalue weighted by Crippen LogP contribution is 2.27. The molecule has 2 aromatic carbocycles. The molecule has 0 aromatic heterocycles. The fourth-order valence-electron chi connectivity index (χ4n) is 1.99. The molecule has 0 bridgehead atoms. The summed E-state index contributed by atoms with van der Waals surface area (Å²) in [5.41, 5.74) is 1.35. The molecular weight excluding hydrogens is 316 g/mol. The second-order valence-corrected chi connectivity index (χ2v) is 5.27. The van der Waals surface area contributed by atoms with Crippen LogP contribution in [0.15, 0.2) is 48.5 Å². The molecule has 0 atom stereocenters. The van der Waals surface area contributed by atoms with Crippen molar-refractivity contribution in [2.45, 2.75) is 6.42 Å². The van der Waals surface area contributed by atoms with Crippen LogP contribution in [0.25, 0.3) is 0 Å². The highest BCUT2D eigenvalue weighted by Gasteiger charge is 2.10. The number of hydrogen-bond acceptors (Lipinski definition) is 3. The molecule has 2 amide bonds. The number of carbonyl (C=O) groups excluding carboxylic acids is 2. The van der Waals surface area contributed by atoms with E-state index in [4.69, 9.17) is 16.3 Å². The predicted octanol–water partition coefficient (Wildman–Crippen LogP) is 2.65. The molecule has 0 fully saturated rings. The quantitative estimate of drug-likeness (QED) is 0.854. The minimum atomic E-state index is -0.355. The first-order valence-electron chi connectivity index (χ1n) is 7.02. The standard InChI is InChI=1S/C17H17ClN2O3/c1-23-15-8-7-13(18)10-14(15)20-17(22)11-19-16(21)9-12-5-3-2-4-6-12/h2-8,10H,9,11H2,1H3,(H,19,21)(H,20,22). The Hall–Kier alpha value is -2.53. The number of rotatable bonds is 6. The van der Waals surface area contributed by atoms with Gasteiger partial charge in [0.25, 0.3) is 0 Å². The Bertz CT molecular complexity index is 689. The summed E-state index contributed by atoms with van der Waals surface area (Å²) >= 11 is 5.90. The van der Waals surface area contributed by atoms with Crippen LogP contribution in [0, 0.1) is 0 Å². The van der Waals surface area contributed by atoms with E-state index >= 15 is 0 Å². The third-order valence-corrected chi connectivity index (χ3v) is 3.32. The molecule has 0 saturated carbocycles. The van der Waals surface area contributed by atoms with Gasteiger partial charge in [-0.15, -0.1) is 0 Å². The third-order valence-electron chi connectivity index (χ3n) is 3.09. The van der Waals surface area contributed by atoms with Gasteiger partial charge in [0.1, 0.15) is 5.75 Å². The Morgan fingerprint density at radius 2 is 1.83 bits per heavy atom. The number of nitrogens with one attached hydrogen (secondary N) is 2. The molecule has 2 aromatic rings. The molecule has 2 rings (SSSR count). The topological polar surface area (TPSA) is 67.4 Å². The first-order valence-corrected chi connectivity index (χ1v) is 7.40. The molecule has 0 unspecified atom stereocenters. The molecule has 0 spiro atoms. The molecule has 0 radical (unpaired) electrons. The number of hydrogen-bond donors (Lipinski definition) is 2. The van der Waals surface area contributed by atoms with Crippen LogP contribution < -0.4 is 15.4 Å². The number of amides is 2. The largest absolute Gasteiger partial charge is 0.495 e.